The van der Waals surface area contributed by atoms with Crippen molar-refractivity contribution in [3.05, 3.63) is 59.4 Å². The maximum absolute atomic E-state index is 12.6. The van der Waals surface area contributed by atoms with Crippen LogP contribution in [0.4, 0.5) is 0 Å². The molecule has 0 spiro atoms. The predicted octanol–water partition coefficient (Wildman–Crippen LogP) is 3.82. The van der Waals surface area contributed by atoms with Gasteiger partial charge in [0.15, 0.2) is 6.10 Å². The number of carbonyl (C=O) groups is 1. The van der Waals surface area contributed by atoms with Gasteiger partial charge in [-0.3, -0.25) is 4.79 Å². The summed E-state index contributed by atoms with van der Waals surface area (Å²) in [5, 5.41) is 4.47. The van der Waals surface area contributed by atoms with E-state index in [1.165, 1.54) is 4.90 Å². The number of rotatable bonds is 7. The number of aromatic nitrogens is 2. The van der Waals surface area contributed by atoms with Crippen LogP contribution in [0.1, 0.15) is 12.8 Å². The summed E-state index contributed by atoms with van der Waals surface area (Å²) in [6, 6.07) is 14.3. The second-order valence-electron chi connectivity index (χ2n) is 6.12. The third-order valence-electron chi connectivity index (χ3n) is 4.03. The molecule has 1 aromatic heterocycles. The smallest absolute Gasteiger partial charge is 0.263 e. The second kappa shape index (κ2) is 8.75. The monoisotopic (exact) mass is 401 g/mol. The predicted molar refractivity (Wildman–Crippen MR) is 104 cm³/mol. The van der Waals surface area contributed by atoms with Crippen LogP contribution in [0.2, 0.25) is 5.02 Å². The lowest BCUT2D eigenvalue weighted by Gasteiger charge is -2.20. The van der Waals surface area contributed by atoms with Crippen LogP contribution < -0.4 is 9.47 Å². The Kier molecular flexibility index (Phi) is 6.16. The SMILES string of the molecule is COc1cccc(O[C@@H](C)C(=O)N(C)Cc2nc(-c3ccccc3Cl)no2)c1. The van der Waals surface area contributed by atoms with E-state index in [-0.39, 0.29) is 12.5 Å². The Morgan fingerprint density at radius 3 is 2.71 bits per heavy atom. The first kappa shape index (κ1) is 19.7. The van der Waals surface area contributed by atoms with Gasteiger partial charge in [-0.1, -0.05) is 35.0 Å². The molecule has 0 bridgehead atoms. The molecule has 146 valence electrons. The molecular formula is C20H20ClN3O4. The summed E-state index contributed by atoms with van der Waals surface area (Å²) in [6.45, 7) is 1.84. The Labute approximate surface area is 167 Å². The fourth-order valence-corrected chi connectivity index (χ4v) is 2.81. The van der Waals surface area contributed by atoms with Gasteiger partial charge in [0, 0.05) is 18.7 Å². The van der Waals surface area contributed by atoms with Gasteiger partial charge >= 0.3 is 0 Å². The molecule has 8 heteroatoms. The minimum Gasteiger partial charge on any atom is -0.497 e. The minimum absolute atomic E-state index is 0.155. The molecule has 1 amide bonds. The maximum Gasteiger partial charge on any atom is 0.263 e. The van der Waals surface area contributed by atoms with E-state index in [9.17, 15) is 4.79 Å². The van der Waals surface area contributed by atoms with E-state index < -0.39 is 6.10 Å². The zero-order valence-electron chi connectivity index (χ0n) is 15.8. The van der Waals surface area contributed by atoms with Crippen LogP contribution in [0, 0.1) is 0 Å². The van der Waals surface area contributed by atoms with Crippen LogP contribution in [0.25, 0.3) is 11.4 Å². The number of carbonyl (C=O) groups excluding carboxylic acids is 1. The molecule has 0 saturated heterocycles. The first-order chi connectivity index (χ1) is 13.5. The van der Waals surface area contributed by atoms with Crippen LogP contribution in [0.15, 0.2) is 53.1 Å². The van der Waals surface area contributed by atoms with Gasteiger partial charge in [-0.25, -0.2) is 0 Å². The number of halogens is 1. The van der Waals surface area contributed by atoms with E-state index in [1.807, 2.05) is 12.1 Å². The van der Waals surface area contributed by atoms with E-state index in [1.54, 1.807) is 57.5 Å². The van der Waals surface area contributed by atoms with Gasteiger partial charge in [0.25, 0.3) is 5.91 Å². The van der Waals surface area contributed by atoms with Crippen molar-refractivity contribution < 1.29 is 18.8 Å². The molecule has 3 aromatic rings. The van der Waals surface area contributed by atoms with Crippen LogP contribution in [0.3, 0.4) is 0 Å². The molecule has 0 N–H and O–H groups in total. The van der Waals surface area contributed by atoms with Crippen molar-refractivity contribution in [3.63, 3.8) is 0 Å². The Bertz CT molecular complexity index is 960. The van der Waals surface area contributed by atoms with Crippen molar-refractivity contribution in [2.24, 2.45) is 0 Å². The normalized spacial score (nSPS) is 11.7. The lowest BCUT2D eigenvalue weighted by atomic mass is 10.2. The van der Waals surface area contributed by atoms with Crippen LogP contribution >= 0.6 is 11.6 Å². The van der Waals surface area contributed by atoms with E-state index >= 15 is 0 Å². The lowest BCUT2D eigenvalue weighted by molar-refractivity contribution is -0.137. The Morgan fingerprint density at radius 1 is 1.21 bits per heavy atom. The van der Waals surface area contributed by atoms with Crippen molar-refractivity contribution >= 4 is 17.5 Å². The van der Waals surface area contributed by atoms with E-state index in [0.29, 0.717) is 33.8 Å². The minimum atomic E-state index is -0.692. The Morgan fingerprint density at radius 2 is 1.96 bits per heavy atom. The van der Waals surface area contributed by atoms with Crippen molar-refractivity contribution in [3.8, 4) is 22.9 Å². The molecule has 0 aliphatic rings. The molecule has 2 aromatic carbocycles. The quantitative estimate of drug-likeness (QED) is 0.598. The van der Waals surface area contributed by atoms with E-state index in [2.05, 4.69) is 10.1 Å². The van der Waals surface area contributed by atoms with Gasteiger partial charge in [0.05, 0.1) is 18.7 Å². The van der Waals surface area contributed by atoms with Crippen LogP contribution in [-0.2, 0) is 11.3 Å². The first-order valence-electron chi connectivity index (χ1n) is 8.61. The van der Waals surface area contributed by atoms with Crippen molar-refractivity contribution in [2.75, 3.05) is 14.2 Å². The zero-order valence-corrected chi connectivity index (χ0v) is 16.5. The average molecular weight is 402 g/mol. The van der Waals surface area contributed by atoms with E-state index in [4.69, 9.17) is 25.6 Å². The molecule has 0 fully saturated rings. The summed E-state index contributed by atoms with van der Waals surface area (Å²) in [4.78, 5) is 18.4. The summed E-state index contributed by atoms with van der Waals surface area (Å²) in [5.74, 6) is 1.66. The van der Waals surface area contributed by atoms with Crippen LogP contribution in [0.5, 0.6) is 11.5 Å². The highest BCUT2D eigenvalue weighted by molar-refractivity contribution is 6.33. The third kappa shape index (κ3) is 4.61. The molecule has 1 heterocycles. The number of likely N-dealkylation sites (N-methyl/N-ethyl adjacent to an activating group) is 1. The highest BCUT2D eigenvalue weighted by Crippen LogP contribution is 2.25. The number of ether oxygens (including phenoxy) is 2. The number of benzene rings is 2. The number of methoxy groups -OCH3 is 1. The number of hydrogen-bond acceptors (Lipinski definition) is 6. The first-order valence-corrected chi connectivity index (χ1v) is 8.99. The van der Waals surface area contributed by atoms with Gasteiger partial charge in [-0.05, 0) is 31.2 Å². The lowest BCUT2D eigenvalue weighted by Crippen LogP contribution is -2.37. The summed E-state index contributed by atoms with van der Waals surface area (Å²) >= 11 is 6.15. The topological polar surface area (TPSA) is 77.7 Å². The summed E-state index contributed by atoms with van der Waals surface area (Å²) < 4.78 is 16.1. The average Bonchev–Trinajstić information content (AvgIpc) is 3.16. The number of hydrogen-bond donors (Lipinski definition) is 0. The highest BCUT2D eigenvalue weighted by Gasteiger charge is 2.22. The number of amides is 1. The molecule has 0 aliphatic heterocycles. The molecular weight excluding hydrogens is 382 g/mol. The number of nitrogens with zero attached hydrogens (tertiary/aromatic N) is 3. The van der Waals surface area contributed by atoms with Gasteiger partial charge < -0.3 is 18.9 Å². The fourth-order valence-electron chi connectivity index (χ4n) is 2.59. The standard InChI is InChI=1S/C20H20ClN3O4/c1-13(27-15-8-6-7-14(11-15)26-3)20(25)24(2)12-18-22-19(23-28-18)16-9-4-5-10-17(16)21/h4-11,13H,12H2,1-3H3/t13-/m0/s1. The molecule has 0 unspecified atom stereocenters. The van der Waals surface area contributed by atoms with Gasteiger partial charge in [-0.2, -0.15) is 4.98 Å². The molecule has 3 rings (SSSR count). The Hall–Kier alpha value is -3.06. The molecule has 0 aliphatic carbocycles. The Balaban J connectivity index is 1.63. The second-order valence-corrected chi connectivity index (χ2v) is 6.53. The van der Waals surface area contributed by atoms with E-state index in [0.717, 1.165) is 0 Å². The van der Waals surface area contributed by atoms with Crippen LogP contribution in [-0.4, -0.2) is 41.2 Å². The highest BCUT2D eigenvalue weighted by atomic mass is 35.5. The van der Waals surface area contributed by atoms with Gasteiger partial charge in [0.2, 0.25) is 11.7 Å². The maximum atomic E-state index is 12.6. The summed E-state index contributed by atoms with van der Waals surface area (Å²) in [6.07, 6.45) is -0.692. The third-order valence-corrected chi connectivity index (χ3v) is 4.36. The van der Waals surface area contributed by atoms with Gasteiger partial charge in [0.1, 0.15) is 11.5 Å². The molecule has 1 atom stereocenters. The molecule has 7 nitrogen and oxygen atoms in total. The largest absolute Gasteiger partial charge is 0.497 e. The van der Waals surface area contributed by atoms with Crippen molar-refractivity contribution in [1.82, 2.24) is 15.0 Å². The summed E-state index contributed by atoms with van der Waals surface area (Å²) in [7, 11) is 3.22. The molecule has 28 heavy (non-hydrogen) atoms. The van der Waals surface area contributed by atoms with Crippen molar-refractivity contribution in [1.29, 1.82) is 0 Å². The van der Waals surface area contributed by atoms with Gasteiger partial charge in [-0.15, -0.1) is 0 Å². The van der Waals surface area contributed by atoms with Crippen molar-refractivity contribution in [2.45, 2.75) is 19.6 Å². The summed E-state index contributed by atoms with van der Waals surface area (Å²) in [5.41, 5.74) is 0.669. The zero-order chi connectivity index (χ0) is 20.1. The molecule has 0 radical (unpaired) electrons. The fraction of sp³-hybridized carbons (Fsp3) is 0.250. The molecule has 0 saturated carbocycles.